The van der Waals surface area contributed by atoms with E-state index >= 15 is 0 Å². The first-order valence-corrected chi connectivity index (χ1v) is 11.5. The lowest BCUT2D eigenvalue weighted by Crippen LogP contribution is -2.37. The molecule has 1 aliphatic heterocycles. The second-order valence-corrected chi connectivity index (χ2v) is 9.16. The molecular formula is C24H28N4O2S. The second-order valence-electron chi connectivity index (χ2n) is 7.87. The number of nitrogens with zero attached hydrogens (tertiary/aromatic N) is 3. The Labute approximate surface area is 187 Å². The van der Waals surface area contributed by atoms with Crippen LogP contribution in [0.3, 0.4) is 0 Å². The molecule has 4 rings (SSSR count). The minimum atomic E-state index is -0.0973. The number of hydrogen-bond acceptors (Lipinski definition) is 6. The summed E-state index contributed by atoms with van der Waals surface area (Å²) in [7, 11) is 0. The summed E-state index contributed by atoms with van der Waals surface area (Å²) in [5, 5.41) is 3.87. The number of hydrogen-bond donors (Lipinski definition) is 1. The first-order valence-electron chi connectivity index (χ1n) is 10.7. The number of likely N-dealkylation sites (tertiary alicyclic amines) is 1. The van der Waals surface area contributed by atoms with Crippen molar-refractivity contribution < 1.29 is 9.53 Å². The van der Waals surface area contributed by atoms with Crippen molar-refractivity contribution in [3.63, 3.8) is 0 Å². The summed E-state index contributed by atoms with van der Waals surface area (Å²) < 4.78 is 6.15. The lowest BCUT2D eigenvalue weighted by Gasteiger charge is -2.31. The molecule has 6 nitrogen and oxygen atoms in total. The van der Waals surface area contributed by atoms with E-state index in [-0.39, 0.29) is 12.0 Å². The maximum Gasteiger partial charge on any atom is 0.251 e. The molecule has 0 spiro atoms. The van der Waals surface area contributed by atoms with Crippen molar-refractivity contribution in [2.75, 3.05) is 13.1 Å². The highest BCUT2D eigenvalue weighted by Gasteiger charge is 2.21. The number of aryl methyl sites for hydroxylation is 2. The molecule has 1 aromatic carbocycles. The van der Waals surface area contributed by atoms with Crippen molar-refractivity contribution >= 4 is 17.2 Å². The first-order chi connectivity index (χ1) is 15.1. The van der Waals surface area contributed by atoms with Crippen LogP contribution in [0.15, 0.2) is 48.7 Å². The standard InChI is InChI=1S/C24H28N4O2S/c1-17-18(2)31-23(27-17)15-26-24(29)19-6-8-21(9-7-19)30-22-10-13-28(14-11-22)16-20-5-3-4-12-25-20/h3-9,12,22H,10-11,13-16H2,1-2H3,(H,26,29). The number of carbonyl (C=O) groups excluding carboxylic acids is 1. The number of carbonyl (C=O) groups is 1. The largest absolute Gasteiger partial charge is 0.490 e. The molecule has 7 heteroatoms. The van der Waals surface area contributed by atoms with E-state index in [1.165, 1.54) is 4.88 Å². The zero-order valence-electron chi connectivity index (χ0n) is 18.0. The van der Waals surface area contributed by atoms with Gasteiger partial charge in [-0.1, -0.05) is 6.07 Å². The van der Waals surface area contributed by atoms with Crippen molar-refractivity contribution in [3.8, 4) is 5.75 Å². The summed E-state index contributed by atoms with van der Waals surface area (Å²) in [6.07, 6.45) is 4.02. The van der Waals surface area contributed by atoms with Gasteiger partial charge in [-0.3, -0.25) is 14.7 Å². The molecule has 1 N–H and O–H groups in total. The van der Waals surface area contributed by atoms with Crippen LogP contribution in [0.4, 0.5) is 0 Å². The third-order valence-electron chi connectivity index (χ3n) is 5.54. The molecule has 1 aliphatic rings. The number of nitrogens with one attached hydrogen (secondary N) is 1. The molecule has 0 saturated carbocycles. The molecule has 0 bridgehead atoms. The average molecular weight is 437 g/mol. The van der Waals surface area contributed by atoms with Gasteiger partial charge in [0.2, 0.25) is 0 Å². The highest BCUT2D eigenvalue weighted by Crippen LogP contribution is 2.21. The van der Waals surface area contributed by atoms with Gasteiger partial charge in [-0.15, -0.1) is 11.3 Å². The van der Waals surface area contributed by atoms with Gasteiger partial charge < -0.3 is 10.1 Å². The Bertz CT molecular complexity index is 977. The normalized spacial score (nSPS) is 15.0. The Kier molecular flexibility index (Phi) is 6.94. The van der Waals surface area contributed by atoms with Crippen molar-refractivity contribution in [2.45, 2.75) is 45.9 Å². The Morgan fingerprint density at radius 2 is 1.94 bits per heavy atom. The van der Waals surface area contributed by atoms with Gasteiger partial charge in [-0.05, 0) is 63.1 Å². The van der Waals surface area contributed by atoms with Crippen LogP contribution in [0, 0.1) is 13.8 Å². The van der Waals surface area contributed by atoms with Crippen molar-refractivity contribution in [3.05, 3.63) is 75.5 Å². The number of benzene rings is 1. The molecule has 162 valence electrons. The smallest absolute Gasteiger partial charge is 0.251 e. The van der Waals surface area contributed by atoms with Crippen LogP contribution in [0.1, 0.15) is 44.5 Å². The number of amides is 1. The molecule has 1 saturated heterocycles. The minimum Gasteiger partial charge on any atom is -0.490 e. The van der Waals surface area contributed by atoms with Gasteiger partial charge in [0, 0.05) is 36.3 Å². The summed E-state index contributed by atoms with van der Waals surface area (Å²) in [4.78, 5) is 24.9. The van der Waals surface area contributed by atoms with Crippen LogP contribution in [-0.4, -0.2) is 40.0 Å². The zero-order valence-corrected chi connectivity index (χ0v) is 18.8. The van der Waals surface area contributed by atoms with Crippen LogP contribution >= 0.6 is 11.3 Å². The highest BCUT2D eigenvalue weighted by atomic mass is 32.1. The van der Waals surface area contributed by atoms with Crippen LogP contribution in [-0.2, 0) is 13.1 Å². The number of aromatic nitrogens is 2. The predicted molar refractivity (Wildman–Crippen MR) is 122 cm³/mol. The summed E-state index contributed by atoms with van der Waals surface area (Å²) in [6.45, 7) is 7.36. The Morgan fingerprint density at radius 3 is 2.58 bits per heavy atom. The van der Waals surface area contributed by atoms with Crippen molar-refractivity contribution in [2.24, 2.45) is 0 Å². The van der Waals surface area contributed by atoms with Gasteiger partial charge >= 0.3 is 0 Å². The zero-order chi connectivity index (χ0) is 21.6. The molecule has 1 amide bonds. The molecule has 0 atom stereocenters. The Morgan fingerprint density at radius 1 is 1.16 bits per heavy atom. The maximum absolute atomic E-state index is 12.4. The number of thiazole rings is 1. The summed E-state index contributed by atoms with van der Waals surface area (Å²) >= 11 is 1.62. The monoisotopic (exact) mass is 436 g/mol. The van der Waals surface area contributed by atoms with E-state index in [1.807, 2.05) is 56.4 Å². The lowest BCUT2D eigenvalue weighted by atomic mass is 10.1. The van der Waals surface area contributed by atoms with Crippen LogP contribution in [0.5, 0.6) is 5.75 Å². The fourth-order valence-electron chi connectivity index (χ4n) is 3.66. The Balaban J connectivity index is 1.22. The van der Waals surface area contributed by atoms with E-state index in [2.05, 4.69) is 26.3 Å². The van der Waals surface area contributed by atoms with Gasteiger partial charge in [-0.25, -0.2) is 4.98 Å². The van der Waals surface area contributed by atoms with Gasteiger partial charge in [0.25, 0.3) is 5.91 Å². The number of ether oxygens (including phenoxy) is 1. The molecule has 0 radical (unpaired) electrons. The summed E-state index contributed by atoms with van der Waals surface area (Å²) in [5.74, 6) is 0.714. The second kappa shape index (κ2) is 10.0. The van der Waals surface area contributed by atoms with Crippen LogP contribution < -0.4 is 10.1 Å². The van der Waals surface area contributed by atoms with Gasteiger partial charge in [0.15, 0.2) is 0 Å². The lowest BCUT2D eigenvalue weighted by molar-refractivity contribution is 0.0947. The fourth-order valence-corrected chi connectivity index (χ4v) is 4.53. The van der Waals surface area contributed by atoms with E-state index < -0.39 is 0 Å². The van der Waals surface area contributed by atoms with E-state index in [4.69, 9.17) is 4.74 Å². The van der Waals surface area contributed by atoms with Gasteiger partial charge in [0.1, 0.15) is 16.9 Å². The van der Waals surface area contributed by atoms with Gasteiger partial charge in [0.05, 0.1) is 17.9 Å². The average Bonchev–Trinajstić information content (AvgIpc) is 3.12. The third-order valence-corrected chi connectivity index (χ3v) is 6.61. The highest BCUT2D eigenvalue weighted by molar-refractivity contribution is 7.11. The van der Waals surface area contributed by atoms with E-state index in [0.717, 1.165) is 54.6 Å². The number of rotatable bonds is 7. The van der Waals surface area contributed by atoms with Crippen molar-refractivity contribution in [1.29, 1.82) is 0 Å². The minimum absolute atomic E-state index is 0.0973. The molecule has 2 aromatic heterocycles. The van der Waals surface area contributed by atoms with E-state index in [1.54, 1.807) is 11.3 Å². The van der Waals surface area contributed by atoms with Crippen molar-refractivity contribution in [1.82, 2.24) is 20.2 Å². The molecular weight excluding hydrogens is 408 g/mol. The first kappa shape index (κ1) is 21.5. The molecule has 3 heterocycles. The van der Waals surface area contributed by atoms with Crippen LogP contribution in [0.25, 0.3) is 0 Å². The predicted octanol–water partition coefficient (Wildman–Crippen LogP) is 4.13. The van der Waals surface area contributed by atoms with Gasteiger partial charge in [-0.2, -0.15) is 0 Å². The fraction of sp³-hybridized carbons (Fsp3) is 0.375. The quantitative estimate of drug-likeness (QED) is 0.603. The maximum atomic E-state index is 12.4. The van der Waals surface area contributed by atoms with Crippen LogP contribution in [0.2, 0.25) is 0 Å². The molecule has 0 unspecified atom stereocenters. The summed E-state index contributed by atoms with van der Waals surface area (Å²) in [6, 6.07) is 13.4. The number of pyridine rings is 1. The summed E-state index contributed by atoms with van der Waals surface area (Å²) in [5.41, 5.74) is 2.76. The molecule has 3 aromatic rings. The van der Waals surface area contributed by atoms with E-state index in [9.17, 15) is 4.79 Å². The molecule has 0 aliphatic carbocycles. The Hall–Kier alpha value is -2.77. The molecule has 1 fully saturated rings. The number of piperidine rings is 1. The van der Waals surface area contributed by atoms with E-state index in [0.29, 0.717) is 12.1 Å². The SMILES string of the molecule is Cc1nc(CNC(=O)c2ccc(OC3CCN(Cc4ccccn4)CC3)cc2)sc1C. The topological polar surface area (TPSA) is 67.3 Å². The third kappa shape index (κ3) is 5.89. The molecule has 31 heavy (non-hydrogen) atoms.